The highest BCUT2D eigenvalue weighted by Gasteiger charge is 2.24. The van der Waals surface area contributed by atoms with Gasteiger partial charge >= 0.3 is 5.97 Å². The van der Waals surface area contributed by atoms with Crippen LogP contribution in [0.15, 0.2) is 36.5 Å². The first-order valence-corrected chi connectivity index (χ1v) is 6.60. The quantitative estimate of drug-likeness (QED) is 0.871. The van der Waals surface area contributed by atoms with Crippen LogP contribution >= 0.6 is 0 Å². The van der Waals surface area contributed by atoms with Crippen molar-refractivity contribution >= 4 is 11.8 Å². The fourth-order valence-corrected chi connectivity index (χ4v) is 2.43. The van der Waals surface area contributed by atoms with Crippen LogP contribution in [0.1, 0.15) is 10.4 Å². The molecule has 1 saturated heterocycles. The maximum Gasteiger partial charge on any atom is 0.341 e. The molecule has 3 rings (SSSR count). The van der Waals surface area contributed by atoms with Gasteiger partial charge in [-0.3, -0.25) is 0 Å². The summed E-state index contributed by atoms with van der Waals surface area (Å²) in [5.41, 5.74) is 1.12. The Balaban J connectivity index is 2.08. The number of anilines is 1. The van der Waals surface area contributed by atoms with E-state index in [1.165, 1.54) is 6.20 Å². The maximum absolute atomic E-state index is 11.4. The number of aromatic nitrogens is 2. The van der Waals surface area contributed by atoms with Crippen molar-refractivity contribution in [3.05, 3.63) is 42.1 Å². The van der Waals surface area contributed by atoms with Crippen molar-refractivity contribution in [1.29, 1.82) is 0 Å². The molecule has 0 spiro atoms. The summed E-state index contributed by atoms with van der Waals surface area (Å²) in [5.74, 6) is -0.286. The van der Waals surface area contributed by atoms with E-state index in [0.717, 1.165) is 31.9 Å². The molecule has 1 fully saturated rings. The molecule has 0 atom stereocenters. The SMILES string of the molecule is O=C(O)c1cnn(-c2ccccc2)c1N1CCNCC1. The van der Waals surface area contributed by atoms with E-state index in [-0.39, 0.29) is 5.56 Å². The first-order valence-electron chi connectivity index (χ1n) is 6.60. The van der Waals surface area contributed by atoms with Gasteiger partial charge in [0.15, 0.2) is 0 Å². The van der Waals surface area contributed by atoms with Gasteiger partial charge in [0.2, 0.25) is 0 Å². The molecule has 0 saturated carbocycles. The van der Waals surface area contributed by atoms with Gasteiger partial charge in [0.25, 0.3) is 0 Å². The molecule has 0 unspecified atom stereocenters. The van der Waals surface area contributed by atoms with Crippen LogP contribution in [0, 0.1) is 0 Å². The number of nitrogens with zero attached hydrogens (tertiary/aromatic N) is 3. The standard InChI is InChI=1S/C14H16N4O2/c19-14(20)12-10-16-18(11-4-2-1-3-5-11)13(12)17-8-6-15-7-9-17/h1-5,10,15H,6-9H2,(H,19,20). The maximum atomic E-state index is 11.4. The monoisotopic (exact) mass is 272 g/mol. The third-order valence-electron chi connectivity index (χ3n) is 3.39. The van der Waals surface area contributed by atoms with E-state index in [0.29, 0.717) is 5.82 Å². The molecule has 6 nitrogen and oxygen atoms in total. The lowest BCUT2D eigenvalue weighted by Gasteiger charge is -2.30. The van der Waals surface area contributed by atoms with E-state index in [9.17, 15) is 9.90 Å². The minimum absolute atomic E-state index is 0.246. The van der Waals surface area contributed by atoms with Crippen LogP contribution in [-0.4, -0.2) is 47.0 Å². The molecule has 104 valence electrons. The zero-order chi connectivity index (χ0) is 13.9. The molecule has 0 amide bonds. The lowest BCUT2D eigenvalue weighted by molar-refractivity contribution is 0.0697. The number of nitrogens with one attached hydrogen (secondary N) is 1. The van der Waals surface area contributed by atoms with Crippen LogP contribution in [-0.2, 0) is 0 Å². The summed E-state index contributed by atoms with van der Waals surface area (Å²) in [6, 6.07) is 9.60. The summed E-state index contributed by atoms with van der Waals surface area (Å²) in [6.07, 6.45) is 1.42. The van der Waals surface area contributed by atoms with Gasteiger partial charge in [-0.05, 0) is 12.1 Å². The third kappa shape index (κ3) is 2.25. The normalized spacial score (nSPS) is 15.3. The molecular formula is C14H16N4O2. The van der Waals surface area contributed by atoms with E-state index >= 15 is 0 Å². The summed E-state index contributed by atoms with van der Waals surface area (Å²) in [7, 11) is 0. The summed E-state index contributed by atoms with van der Waals surface area (Å²) in [4.78, 5) is 13.5. The molecule has 2 heterocycles. The minimum Gasteiger partial charge on any atom is -0.477 e. The molecule has 20 heavy (non-hydrogen) atoms. The lowest BCUT2D eigenvalue weighted by atomic mass is 10.2. The number of hydrogen-bond acceptors (Lipinski definition) is 4. The highest BCUT2D eigenvalue weighted by molar-refractivity contribution is 5.93. The van der Waals surface area contributed by atoms with Gasteiger partial charge in [-0.15, -0.1) is 0 Å². The fraction of sp³-hybridized carbons (Fsp3) is 0.286. The van der Waals surface area contributed by atoms with Crippen LogP contribution in [0.2, 0.25) is 0 Å². The van der Waals surface area contributed by atoms with Gasteiger partial charge < -0.3 is 15.3 Å². The summed E-state index contributed by atoms with van der Waals surface area (Å²) in [6.45, 7) is 3.25. The molecule has 0 aliphatic carbocycles. The number of para-hydroxylation sites is 1. The van der Waals surface area contributed by atoms with Crippen molar-refractivity contribution in [3.8, 4) is 5.69 Å². The van der Waals surface area contributed by atoms with Crippen LogP contribution in [0.4, 0.5) is 5.82 Å². The Morgan fingerprint density at radius 1 is 1.20 bits per heavy atom. The number of piperazine rings is 1. The largest absolute Gasteiger partial charge is 0.477 e. The Kier molecular flexibility index (Phi) is 3.39. The molecule has 1 aliphatic heterocycles. The van der Waals surface area contributed by atoms with E-state index in [1.54, 1.807) is 4.68 Å². The Morgan fingerprint density at radius 3 is 2.55 bits per heavy atom. The highest BCUT2D eigenvalue weighted by Crippen LogP contribution is 2.24. The first kappa shape index (κ1) is 12.7. The Labute approximate surface area is 116 Å². The van der Waals surface area contributed by atoms with E-state index in [4.69, 9.17) is 0 Å². The van der Waals surface area contributed by atoms with Crippen molar-refractivity contribution in [2.45, 2.75) is 0 Å². The Hall–Kier alpha value is -2.34. The molecule has 0 bridgehead atoms. The molecule has 1 aromatic carbocycles. The average molecular weight is 272 g/mol. The number of rotatable bonds is 3. The van der Waals surface area contributed by atoms with Crippen molar-refractivity contribution < 1.29 is 9.90 Å². The van der Waals surface area contributed by atoms with Crippen LogP contribution in [0.5, 0.6) is 0 Å². The smallest absolute Gasteiger partial charge is 0.341 e. The minimum atomic E-state index is -0.944. The lowest BCUT2D eigenvalue weighted by Crippen LogP contribution is -2.44. The second-order valence-electron chi connectivity index (χ2n) is 4.67. The zero-order valence-corrected chi connectivity index (χ0v) is 11.0. The van der Waals surface area contributed by atoms with Gasteiger partial charge in [0, 0.05) is 26.2 Å². The third-order valence-corrected chi connectivity index (χ3v) is 3.39. The predicted octanol–water partition coefficient (Wildman–Crippen LogP) is 0.980. The second kappa shape index (κ2) is 5.34. The number of hydrogen-bond donors (Lipinski definition) is 2. The van der Waals surface area contributed by atoms with Crippen LogP contribution in [0.25, 0.3) is 5.69 Å². The van der Waals surface area contributed by atoms with Gasteiger partial charge in [-0.2, -0.15) is 5.10 Å². The average Bonchev–Trinajstić information content (AvgIpc) is 2.94. The van der Waals surface area contributed by atoms with E-state index < -0.39 is 5.97 Å². The predicted molar refractivity (Wildman–Crippen MR) is 75.6 cm³/mol. The fourth-order valence-electron chi connectivity index (χ4n) is 2.43. The van der Waals surface area contributed by atoms with Crippen LogP contribution < -0.4 is 10.2 Å². The molecule has 0 radical (unpaired) electrons. The van der Waals surface area contributed by atoms with Crippen molar-refractivity contribution in [3.63, 3.8) is 0 Å². The molecule has 1 aromatic heterocycles. The molecular weight excluding hydrogens is 256 g/mol. The Bertz CT molecular complexity index is 603. The van der Waals surface area contributed by atoms with Crippen molar-refractivity contribution in [1.82, 2.24) is 15.1 Å². The first-order chi connectivity index (χ1) is 9.77. The van der Waals surface area contributed by atoms with Crippen molar-refractivity contribution in [2.24, 2.45) is 0 Å². The molecule has 6 heteroatoms. The molecule has 2 aromatic rings. The Morgan fingerprint density at radius 2 is 1.90 bits per heavy atom. The zero-order valence-electron chi connectivity index (χ0n) is 11.0. The van der Waals surface area contributed by atoms with Gasteiger partial charge in [-0.1, -0.05) is 18.2 Å². The van der Waals surface area contributed by atoms with Gasteiger partial charge in [0.1, 0.15) is 11.4 Å². The van der Waals surface area contributed by atoms with Gasteiger partial charge in [0.05, 0.1) is 11.9 Å². The highest BCUT2D eigenvalue weighted by atomic mass is 16.4. The van der Waals surface area contributed by atoms with Crippen molar-refractivity contribution in [2.75, 3.05) is 31.1 Å². The number of carbonyl (C=O) groups is 1. The molecule has 2 N–H and O–H groups in total. The van der Waals surface area contributed by atoms with Crippen LogP contribution in [0.3, 0.4) is 0 Å². The number of carboxylic acid groups (broad SMARTS) is 1. The second-order valence-corrected chi connectivity index (χ2v) is 4.67. The van der Waals surface area contributed by atoms with Gasteiger partial charge in [-0.25, -0.2) is 9.48 Å². The summed E-state index contributed by atoms with van der Waals surface area (Å²) < 4.78 is 1.70. The number of carboxylic acids is 1. The number of benzene rings is 1. The number of aromatic carboxylic acids is 1. The molecule has 1 aliphatic rings. The topological polar surface area (TPSA) is 70.4 Å². The van der Waals surface area contributed by atoms with E-state index in [1.807, 2.05) is 30.3 Å². The van der Waals surface area contributed by atoms with E-state index in [2.05, 4.69) is 15.3 Å². The summed E-state index contributed by atoms with van der Waals surface area (Å²) >= 11 is 0. The summed E-state index contributed by atoms with van der Waals surface area (Å²) in [5, 5.41) is 16.9.